The van der Waals surface area contributed by atoms with E-state index in [1.165, 1.54) is 38.6 Å². The molecule has 1 rings (SSSR count). The first-order valence-electron chi connectivity index (χ1n) is 7.29. The van der Waals surface area contributed by atoms with E-state index >= 15 is 0 Å². The SMILES string of the molecule is CCCC(CCN)CCCN1CCOCC1C. The molecule has 2 N–H and O–H groups in total. The molecule has 2 unspecified atom stereocenters. The molecule has 0 aromatic rings. The average molecular weight is 242 g/mol. The highest BCUT2D eigenvalue weighted by Gasteiger charge is 2.18. The van der Waals surface area contributed by atoms with Crippen molar-refractivity contribution in [2.75, 3.05) is 32.8 Å². The zero-order valence-electron chi connectivity index (χ0n) is 11.7. The van der Waals surface area contributed by atoms with Gasteiger partial charge < -0.3 is 10.5 Å². The molecule has 3 nitrogen and oxygen atoms in total. The van der Waals surface area contributed by atoms with Crippen molar-refractivity contribution < 1.29 is 4.74 Å². The van der Waals surface area contributed by atoms with Gasteiger partial charge in [-0.05, 0) is 45.2 Å². The van der Waals surface area contributed by atoms with Gasteiger partial charge in [0.05, 0.1) is 13.2 Å². The minimum absolute atomic E-state index is 0.600. The second-order valence-electron chi connectivity index (χ2n) is 5.33. The molecule has 0 aromatic carbocycles. The van der Waals surface area contributed by atoms with E-state index < -0.39 is 0 Å². The lowest BCUT2D eigenvalue weighted by atomic mass is 9.94. The summed E-state index contributed by atoms with van der Waals surface area (Å²) in [7, 11) is 0. The molecular weight excluding hydrogens is 212 g/mol. The van der Waals surface area contributed by atoms with Gasteiger partial charge in [0.2, 0.25) is 0 Å². The third kappa shape index (κ3) is 5.84. The van der Waals surface area contributed by atoms with E-state index in [-0.39, 0.29) is 0 Å². The summed E-state index contributed by atoms with van der Waals surface area (Å²) in [5.41, 5.74) is 5.67. The summed E-state index contributed by atoms with van der Waals surface area (Å²) in [5, 5.41) is 0. The molecule has 0 aliphatic carbocycles. The molecule has 3 heteroatoms. The molecule has 0 radical (unpaired) electrons. The van der Waals surface area contributed by atoms with E-state index in [9.17, 15) is 0 Å². The van der Waals surface area contributed by atoms with E-state index in [4.69, 9.17) is 10.5 Å². The number of hydrogen-bond acceptors (Lipinski definition) is 3. The van der Waals surface area contributed by atoms with Crippen molar-refractivity contribution in [2.45, 2.75) is 52.0 Å². The molecule has 0 amide bonds. The molecule has 0 aromatic heterocycles. The van der Waals surface area contributed by atoms with Crippen LogP contribution in [0, 0.1) is 5.92 Å². The maximum atomic E-state index is 5.67. The fourth-order valence-corrected chi connectivity index (χ4v) is 2.75. The van der Waals surface area contributed by atoms with Crippen LogP contribution in [0.15, 0.2) is 0 Å². The Hall–Kier alpha value is -0.120. The number of nitrogens with zero attached hydrogens (tertiary/aromatic N) is 1. The number of morpholine rings is 1. The highest BCUT2D eigenvalue weighted by atomic mass is 16.5. The van der Waals surface area contributed by atoms with Crippen LogP contribution >= 0.6 is 0 Å². The quantitative estimate of drug-likeness (QED) is 0.709. The van der Waals surface area contributed by atoms with E-state index in [0.717, 1.165) is 32.2 Å². The molecule has 17 heavy (non-hydrogen) atoms. The maximum Gasteiger partial charge on any atom is 0.0619 e. The molecule has 0 spiro atoms. The number of rotatable bonds is 8. The van der Waals surface area contributed by atoms with Crippen LogP contribution in [-0.2, 0) is 4.74 Å². The Bertz CT molecular complexity index is 181. The van der Waals surface area contributed by atoms with Gasteiger partial charge in [-0.1, -0.05) is 19.8 Å². The molecule has 2 atom stereocenters. The fraction of sp³-hybridized carbons (Fsp3) is 1.00. The summed E-state index contributed by atoms with van der Waals surface area (Å²) >= 11 is 0. The van der Waals surface area contributed by atoms with Crippen molar-refractivity contribution in [3.8, 4) is 0 Å². The largest absolute Gasteiger partial charge is 0.379 e. The van der Waals surface area contributed by atoms with Gasteiger partial charge in [-0.15, -0.1) is 0 Å². The van der Waals surface area contributed by atoms with Gasteiger partial charge in [-0.25, -0.2) is 0 Å². The Balaban J connectivity index is 2.15. The normalized spacial score (nSPS) is 23.8. The van der Waals surface area contributed by atoms with Gasteiger partial charge in [0, 0.05) is 12.6 Å². The summed E-state index contributed by atoms with van der Waals surface area (Å²) in [6, 6.07) is 0.600. The minimum Gasteiger partial charge on any atom is -0.379 e. The Labute approximate surface area is 107 Å². The summed E-state index contributed by atoms with van der Waals surface area (Å²) < 4.78 is 5.46. The summed E-state index contributed by atoms with van der Waals surface area (Å²) in [5.74, 6) is 0.848. The van der Waals surface area contributed by atoms with E-state index in [2.05, 4.69) is 18.7 Å². The molecule has 1 aliphatic rings. The minimum atomic E-state index is 0.600. The highest BCUT2D eigenvalue weighted by molar-refractivity contribution is 4.71. The Morgan fingerprint density at radius 3 is 2.82 bits per heavy atom. The maximum absolute atomic E-state index is 5.67. The lowest BCUT2D eigenvalue weighted by molar-refractivity contribution is -0.00138. The number of hydrogen-bond donors (Lipinski definition) is 1. The van der Waals surface area contributed by atoms with Gasteiger partial charge in [0.1, 0.15) is 0 Å². The lowest BCUT2D eigenvalue weighted by Gasteiger charge is -2.33. The second-order valence-corrected chi connectivity index (χ2v) is 5.33. The third-order valence-electron chi connectivity index (χ3n) is 3.83. The molecular formula is C14H30N2O. The molecule has 1 saturated heterocycles. The summed E-state index contributed by atoms with van der Waals surface area (Å²) in [4.78, 5) is 2.56. The molecule has 1 aliphatic heterocycles. The van der Waals surface area contributed by atoms with Gasteiger partial charge >= 0.3 is 0 Å². The standard InChI is InChI=1S/C14H30N2O/c1-3-5-14(7-8-15)6-4-9-16-10-11-17-12-13(16)2/h13-14H,3-12,15H2,1-2H3. The van der Waals surface area contributed by atoms with Crippen LogP contribution in [-0.4, -0.2) is 43.8 Å². The third-order valence-corrected chi connectivity index (χ3v) is 3.83. The first kappa shape index (κ1) is 14.9. The van der Waals surface area contributed by atoms with Crippen molar-refractivity contribution in [3.63, 3.8) is 0 Å². The number of ether oxygens (including phenoxy) is 1. The zero-order valence-corrected chi connectivity index (χ0v) is 11.7. The Morgan fingerprint density at radius 2 is 2.18 bits per heavy atom. The predicted molar refractivity (Wildman–Crippen MR) is 73.2 cm³/mol. The second kappa shape index (κ2) is 8.90. The smallest absolute Gasteiger partial charge is 0.0619 e. The fourth-order valence-electron chi connectivity index (χ4n) is 2.75. The summed E-state index contributed by atoms with van der Waals surface area (Å²) in [6.07, 6.45) is 6.49. The molecule has 1 fully saturated rings. The van der Waals surface area contributed by atoms with E-state index in [1.54, 1.807) is 0 Å². The van der Waals surface area contributed by atoms with Gasteiger partial charge in [-0.2, -0.15) is 0 Å². The van der Waals surface area contributed by atoms with Gasteiger partial charge in [0.15, 0.2) is 0 Å². The van der Waals surface area contributed by atoms with E-state index in [1.807, 2.05) is 0 Å². The van der Waals surface area contributed by atoms with Crippen LogP contribution in [0.1, 0.15) is 46.0 Å². The lowest BCUT2D eigenvalue weighted by Crippen LogP contribution is -2.44. The van der Waals surface area contributed by atoms with Crippen molar-refractivity contribution in [1.82, 2.24) is 4.90 Å². The Morgan fingerprint density at radius 1 is 1.35 bits per heavy atom. The van der Waals surface area contributed by atoms with Crippen LogP contribution in [0.4, 0.5) is 0 Å². The van der Waals surface area contributed by atoms with Crippen molar-refractivity contribution in [1.29, 1.82) is 0 Å². The molecule has 1 heterocycles. The van der Waals surface area contributed by atoms with Crippen LogP contribution < -0.4 is 5.73 Å². The highest BCUT2D eigenvalue weighted by Crippen LogP contribution is 2.18. The Kier molecular flexibility index (Phi) is 7.82. The van der Waals surface area contributed by atoms with Crippen molar-refractivity contribution in [3.05, 3.63) is 0 Å². The van der Waals surface area contributed by atoms with Crippen molar-refractivity contribution in [2.24, 2.45) is 11.7 Å². The predicted octanol–water partition coefficient (Wildman–Crippen LogP) is 2.25. The molecule has 0 saturated carbocycles. The van der Waals surface area contributed by atoms with E-state index in [0.29, 0.717) is 6.04 Å². The van der Waals surface area contributed by atoms with Crippen molar-refractivity contribution >= 4 is 0 Å². The van der Waals surface area contributed by atoms with Crippen LogP contribution in [0.2, 0.25) is 0 Å². The van der Waals surface area contributed by atoms with Gasteiger partial charge in [0.25, 0.3) is 0 Å². The van der Waals surface area contributed by atoms with Crippen LogP contribution in [0.3, 0.4) is 0 Å². The average Bonchev–Trinajstić information content (AvgIpc) is 2.32. The van der Waals surface area contributed by atoms with Crippen LogP contribution in [0.5, 0.6) is 0 Å². The molecule has 0 bridgehead atoms. The molecule has 102 valence electrons. The first-order valence-corrected chi connectivity index (χ1v) is 7.29. The zero-order chi connectivity index (χ0) is 12.5. The number of nitrogens with two attached hydrogens (primary N) is 1. The first-order chi connectivity index (χ1) is 8.27. The summed E-state index contributed by atoms with van der Waals surface area (Å²) in [6.45, 7) is 9.54. The van der Waals surface area contributed by atoms with Crippen LogP contribution in [0.25, 0.3) is 0 Å². The van der Waals surface area contributed by atoms with Gasteiger partial charge in [-0.3, -0.25) is 4.90 Å². The topological polar surface area (TPSA) is 38.5 Å². The monoisotopic (exact) mass is 242 g/mol.